The molecule has 1 aromatic rings. The van der Waals surface area contributed by atoms with Gasteiger partial charge in [0.1, 0.15) is 5.75 Å². The molecule has 0 saturated heterocycles. The van der Waals surface area contributed by atoms with Crippen LogP contribution in [0.4, 0.5) is 0 Å². The average Bonchev–Trinajstić information content (AvgIpc) is 2.29. The molecule has 0 spiro atoms. The predicted molar refractivity (Wildman–Crippen MR) is 66.8 cm³/mol. The van der Waals surface area contributed by atoms with Crippen LogP contribution in [-0.4, -0.2) is 32.4 Å². The Morgan fingerprint density at radius 3 is 2.39 bits per heavy atom. The molecule has 6 heteroatoms. The Bertz CT molecular complexity index is 560. The Hall–Kier alpha value is -1.56. The number of methoxy groups -OCH3 is 1. The molecule has 0 unspecified atom stereocenters. The van der Waals surface area contributed by atoms with Crippen molar-refractivity contribution in [3.8, 4) is 5.75 Å². The molecule has 0 heterocycles. The van der Waals surface area contributed by atoms with Crippen LogP contribution in [0.15, 0.2) is 17.0 Å². The summed E-state index contributed by atoms with van der Waals surface area (Å²) in [6, 6.07) is 3.16. The molecule has 0 bridgehead atoms. The smallest absolute Gasteiger partial charge is 0.304 e. The zero-order valence-corrected chi connectivity index (χ0v) is 11.4. The van der Waals surface area contributed by atoms with Gasteiger partial charge in [-0.05, 0) is 37.1 Å². The number of carboxylic acid groups (broad SMARTS) is 1. The Labute approximate surface area is 106 Å². The van der Waals surface area contributed by atoms with E-state index in [0.717, 1.165) is 0 Å². The maximum Gasteiger partial charge on any atom is 0.304 e. The van der Waals surface area contributed by atoms with Crippen LogP contribution in [0.1, 0.15) is 17.5 Å². The van der Waals surface area contributed by atoms with E-state index in [4.69, 9.17) is 9.84 Å². The molecule has 0 saturated carbocycles. The maximum atomic E-state index is 12.0. The first-order valence-corrected chi connectivity index (χ1v) is 7.03. The van der Waals surface area contributed by atoms with Gasteiger partial charge in [0.2, 0.25) is 0 Å². The van der Waals surface area contributed by atoms with Crippen molar-refractivity contribution in [2.45, 2.75) is 25.2 Å². The highest BCUT2D eigenvalue weighted by Gasteiger charge is 2.20. The standard InChI is InChI=1S/C12H16O5S/c1-8-7-11(9(2)6-10(8)17-3)18(15,16)5-4-12(13)14/h6-7H,4-5H2,1-3H3,(H,13,14). The molecular weight excluding hydrogens is 256 g/mol. The van der Waals surface area contributed by atoms with Crippen molar-refractivity contribution in [1.82, 2.24) is 0 Å². The first-order valence-electron chi connectivity index (χ1n) is 5.37. The van der Waals surface area contributed by atoms with Crippen molar-refractivity contribution in [3.05, 3.63) is 23.3 Å². The van der Waals surface area contributed by atoms with Gasteiger partial charge in [0.05, 0.1) is 24.2 Å². The topological polar surface area (TPSA) is 80.7 Å². The van der Waals surface area contributed by atoms with Gasteiger partial charge in [0.25, 0.3) is 0 Å². The molecule has 5 nitrogen and oxygen atoms in total. The van der Waals surface area contributed by atoms with Gasteiger partial charge in [0.15, 0.2) is 9.84 Å². The third-order valence-corrected chi connectivity index (χ3v) is 4.46. The fourth-order valence-electron chi connectivity index (χ4n) is 1.65. The Morgan fingerprint density at radius 1 is 1.28 bits per heavy atom. The quantitative estimate of drug-likeness (QED) is 0.879. The summed E-state index contributed by atoms with van der Waals surface area (Å²) < 4.78 is 29.1. The van der Waals surface area contributed by atoms with E-state index < -0.39 is 28.0 Å². The molecule has 0 aliphatic heterocycles. The Balaban J connectivity index is 3.17. The lowest BCUT2D eigenvalue weighted by Crippen LogP contribution is -2.12. The van der Waals surface area contributed by atoms with E-state index in [-0.39, 0.29) is 4.90 Å². The first-order chi connectivity index (χ1) is 8.27. The van der Waals surface area contributed by atoms with Crippen LogP contribution < -0.4 is 4.74 Å². The molecule has 1 aromatic carbocycles. The average molecular weight is 272 g/mol. The highest BCUT2D eigenvalue weighted by molar-refractivity contribution is 7.91. The second-order valence-corrected chi connectivity index (χ2v) is 6.13. The number of hydrogen-bond acceptors (Lipinski definition) is 4. The molecule has 1 N–H and O–H groups in total. The van der Waals surface area contributed by atoms with Crippen molar-refractivity contribution in [2.24, 2.45) is 0 Å². The third kappa shape index (κ3) is 3.22. The number of benzene rings is 1. The summed E-state index contributed by atoms with van der Waals surface area (Å²) in [7, 11) is -2.06. The molecule has 0 fully saturated rings. The number of carbonyl (C=O) groups is 1. The molecule has 0 aliphatic carbocycles. The normalized spacial score (nSPS) is 11.3. The van der Waals surface area contributed by atoms with Crippen molar-refractivity contribution in [1.29, 1.82) is 0 Å². The summed E-state index contributed by atoms with van der Waals surface area (Å²) in [5, 5.41) is 8.55. The van der Waals surface area contributed by atoms with Gasteiger partial charge in [-0.15, -0.1) is 0 Å². The van der Waals surface area contributed by atoms with E-state index in [9.17, 15) is 13.2 Å². The maximum absolute atomic E-state index is 12.0. The Kier molecular flexibility index (Phi) is 4.34. The second kappa shape index (κ2) is 5.39. The van der Waals surface area contributed by atoms with Crippen LogP contribution in [0, 0.1) is 13.8 Å². The van der Waals surface area contributed by atoms with E-state index >= 15 is 0 Å². The van der Waals surface area contributed by atoms with Gasteiger partial charge in [0, 0.05) is 0 Å². The van der Waals surface area contributed by atoms with E-state index in [1.807, 2.05) is 0 Å². The summed E-state index contributed by atoms with van der Waals surface area (Å²) in [5.41, 5.74) is 1.26. The minimum absolute atomic E-state index is 0.169. The highest BCUT2D eigenvalue weighted by Crippen LogP contribution is 2.26. The van der Waals surface area contributed by atoms with Crippen LogP contribution in [-0.2, 0) is 14.6 Å². The lowest BCUT2D eigenvalue weighted by molar-refractivity contribution is -0.136. The van der Waals surface area contributed by atoms with Crippen molar-refractivity contribution < 1.29 is 23.1 Å². The first kappa shape index (κ1) is 14.5. The molecule has 0 amide bonds. The van der Waals surface area contributed by atoms with Gasteiger partial charge < -0.3 is 9.84 Å². The summed E-state index contributed by atoms with van der Waals surface area (Å²) in [5.74, 6) is -0.902. The van der Waals surface area contributed by atoms with Crippen molar-refractivity contribution >= 4 is 15.8 Å². The van der Waals surface area contributed by atoms with Gasteiger partial charge in [-0.25, -0.2) is 8.42 Å². The predicted octanol–water partition coefficient (Wildman–Crippen LogP) is 1.56. The van der Waals surface area contributed by atoms with Crippen LogP contribution in [0.2, 0.25) is 0 Å². The van der Waals surface area contributed by atoms with Crippen molar-refractivity contribution in [3.63, 3.8) is 0 Å². The molecule has 100 valence electrons. The Morgan fingerprint density at radius 2 is 1.89 bits per heavy atom. The van der Waals surface area contributed by atoms with Crippen LogP contribution in [0.3, 0.4) is 0 Å². The molecule has 0 atom stereocenters. The zero-order valence-electron chi connectivity index (χ0n) is 10.6. The number of ether oxygens (including phenoxy) is 1. The van der Waals surface area contributed by atoms with E-state index in [0.29, 0.717) is 16.9 Å². The lowest BCUT2D eigenvalue weighted by atomic mass is 10.1. The van der Waals surface area contributed by atoms with E-state index in [1.165, 1.54) is 13.2 Å². The van der Waals surface area contributed by atoms with Crippen LogP contribution in [0.5, 0.6) is 5.75 Å². The zero-order chi connectivity index (χ0) is 13.9. The summed E-state index contributed by atoms with van der Waals surface area (Å²) in [4.78, 5) is 10.6. The lowest BCUT2D eigenvalue weighted by Gasteiger charge is -2.11. The van der Waals surface area contributed by atoms with Crippen LogP contribution in [0.25, 0.3) is 0 Å². The molecule has 0 aliphatic rings. The fourth-order valence-corrected chi connectivity index (χ4v) is 3.22. The minimum atomic E-state index is -3.57. The molecule has 1 rings (SSSR count). The minimum Gasteiger partial charge on any atom is -0.496 e. The molecule has 18 heavy (non-hydrogen) atoms. The molecule has 0 radical (unpaired) electrons. The number of rotatable bonds is 5. The number of sulfone groups is 1. The number of aliphatic carboxylic acids is 1. The van der Waals surface area contributed by atoms with Crippen molar-refractivity contribution in [2.75, 3.05) is 12.9 Å². The second-order valence-electron chi connectivity index (χ2n) is 4.05. The third-order valence-electron chi connectivity index (χ3n) is 2.61. The van der Waals surface area contributed by atoms with Gasteiger partial charge in [-0.3, -0.25) is 4.79 Å². The summed E-state index contributed by atoms with van der Waals surface area (Å²) in [6.07, 6.45) is -0.396. The van der Waals surface area contributed by atoms with Crippen LogP contribution >= 0.6 is 0 Å². The van der Waals surface area contributed by atoms with Gasteiger partial charge in [-0.2, -0.15) is 0 Å². The number of aryl methyl sites for hydroxylation is 2. The fraction of sp³-hybridized carbons (Fsp3) is 0.417. The number of carboxylic acids is 1. The number of hydrogen-bond donors (Lipinski definition) is 1. The summed E-state index contributed by atoms with van der Waals surface area (Å²) in [6.45, 7) is 3.41. The largest absolute Gasteiger partial charge is 0.496 e. The highest BCUT2D eigenvalue weighted by atomic mass is 32.2. The van der Waals surface area contributed by atoms with Gasteiger partial charge in [-0.1, -0.05) is 0 Å². The monoisotopic (exact) mass is 272 g/mol. The van der Waals surface area contributed by atoms with E-state index in [1.54, 1.807) is 19.9 Å². The summed E-state index contributed by atoms with van der Waals surface area (Å²) >= 11 is 0. The van der Waals surface area contributed by atoms with E-state index in [2.05, 4.69) is 0 Å². The molecular formula is C12H16O5S. The SMILES string of the molecule is COc1cc(C)c(S(=O)(=O)CCC(=O)O)cc1C. The molecule has 0 aromatic heterocycles. The van der Waals surface area contributed by atoms with Gasteiger partial charge >= 0.3 is 5.97 Å².